The van der Waals surface area contributed by atoms with E-state index in [0.717, 1.165) is 77.0 Å². The number of unbranched alkanes of at least 4 members (excludes halogenated alkanes) is 14. The molecular weight excluding hydrogens is 711 g/mol. The molecule has 0 aliphatic heterocycles. The van der Waals surface area contributed by atoms with Gasteiger partial charge in [-0.25, -0.2) is 0 Å². The van der Waals surface area contributed by atoms with Crippen molar-refractivity contribution >= 4 is 13.7 Å². The lowest BCUT2D eigenvalue weighted by molar-refractivity contribution is -0.870. The Labute approximate surface area is 337 Å². The van der Waals surface area contributed by atoms with Crippen LogP contribution in [-0.4, -0.2) is 79.8 Å². The summed E-state index contributed by atoms with van der Waals surface area (Å²) in [4.78, 5) is 25.3. The highest BCUT2D eigenvalue weighted by Gasteiger charge is 2.29. The summed E-state index contributed by atoms with van der Waals surface area (Å²) in [6, 6.07) is -1.10. The van der Waals surface area contributed by atoms with Gasteiger partial charge in [-0.2, -0.15) is 0 Å². The summed E-state index contributed by atoms with van der Waals surface area (Å²) < 4.78 is 23.1. The van der Waals surface area contributed by atoms with Crippen LogP contribution in [0.4, 0.5) is 0 Å². The lowest BCUT2D eigenvalue weighted by Crippen LogP contribution is -2.51. The quantitative estimate of drug-likeness (QED) is 0.0246. The molecule has 0 saturated carbocycles. The molecule has 0 aromatic carbocycles. The van der Waals surface area contributed by atoms with E-state index in [4.69, 9.17) is 9.05 Å². The Bertz CT molecular complexity index is 1100. The maximum absolute atomic E-state index is 12.9. The molecule has 0 aliphatic rings. The second-order valence-corrected chi connectivity index (χ2v) is 17.2. The standard InChI is InChI=1S/C45H83N2O7P/c1-6-8-10-12-14-16-18-20-21-22-23-24-25-26-28-30-32-34-36-38-44(49)46-42(41-54-55(51,52)53-40-39-47(3,4)5)45(50)43(48)37-35-33-31-29-27-19-17-15-13-11-9-7-2/h8,10,14,16,20-21,23-24,29,31,42-43,45,48,50H,6-7,9,11-13,15,17-19,22,25-28,30,32-41H2,1-5H3,(H-,46,49,51,52)/b10-8-,16-14-,21-20-,24-23-,31-29+. The van der Waals surface area contributed by atoms with Crippen LogP contribution in [0.3, 0.4) is 0 Å². The van der Waals surface area contributed by atoms with Gasteiger partial charge in [0.25, 0.3) is 7.82 Å². The number of quaternary nitrogens is 1. The molecule has 3 N–H and O–H groups in total. The van der Waals surface area contributed by atoms with Crippen molar-refractivity contribution in [3.05, 3.63) is 60.8 Å². The number of aliphatic hydroxyl groups is 2. The molecule has 0 aromatic heterocycles. The van der Waals surface area contributed by atoms with E-state index in [9.17, 15) is 24.5 Å². The number of amides is 1. The third-order valence-corrected chi connectivity index (χ3v) is 10.3. The number of carbonyl (C=O) groups excluding carboxylic acids is 1. The number of nitrogens with zero attached hydrogens (tertiary/aromatic N) is 1. The van der Waals surface area contributed by atoms with Crippen LogP contribution in [0.15, 0.2) is 60.8 Å². The molecule has 0 radical (unpaired) electrons. The zero-order valence-corrected chi connectivity index (χ0v) is 36.6. The van der Waals surface area contributed by atoms with Crippen LogP contribution in [0.5, 0.6) is 0 Å². The molecule has 0 rings (SSSR count). The fourth-order valence-electron chi connectivity index (χ4n) is 5.83. The summed E-state index contributed by atoms with van der Waals surface area (Å²) in [5, 5.41) is 24.5. The van der Waals surface area contributed by atoms with Crippen LogP contribution in [0.2, 0.25) is 0 Å². The average molecular weight is 795 g/mol. The van der Waals surface area contributed by atoms with Crippen LogP contribution < -0.4 is 10.2 Å². The molecular formula is C45H83N2O7P. The summed E-state index contributed by atoms with van der Waals surface area (Å²) in [6.45, 7) is 4.26. The van der Waals surface area contributed by atoms with Crippen molar-refractivity contribution in [1.29, 1.82) is 0 Å². The van der Waals surface area contributed by atoms with E-state index < -0.39 is 32.7 Å². The molecule has 0 aliphatic carbocycles. The van der Waals surface area contributed by atoms with Crippen LogP contribution in [0, 0.1) is 0 Å². The minimum atomic E-state index is -4.68. The monoisotopic (exact) mass is 795 g/mol. The van der Waals surface area contributed by atoms with Crippen molar-refractivity contribution in [3.8, 4) is 0 Å². The number of carbonyl (C=O) groups is 1. The van der Waals surface area contributed by atoms with Crippen molar-refractivity contribution < 1.29 is 38.0 Å². The first-order chi connectivity index (χ1) is 26.4. The fraction of sp³-hybridized carbons (Fsp3) is 0.756. The highest BCUT2D eigenvalue weighted by molar-refractivity contribution is 7.45. The van der Waals surface area contributed by atoms with E-state index in [0.29, 0.717) is 30.3 Å². The minimum absolute atomic E-state index is 0.0522. The van der Waals surface area contributed by atoms with E-state index in [2.05, 4.69) is 79.9 Å². The zero-order chi connectivity index (χ0) is 40.9. The maximum atomic E-state index is 12.9. The molecule has 0 aromatic rings. The van der Waals surface area contributed by atoms with Crippen LogP contribution >= 0.6 is 7.82 Å². The van der Waals surface area contributed by atoms with Gasteiger partial charge in [0.15, 0.2) is 0 Å². The lowest BCUT2D eigenvalue weighted by atomic mass is 10.0. The average Bonchev–Trinajstić information content (AvgIpc) is 3.13. The molecule has 320 valence electrons. The number of allylic oxidation sites excluding steroid dienone is 10. The largest absolute Gasteiger partial charge is 0.756 e. The van der Waals surface area contributed by atoms with Crippen LogP contribution in [-0.2, 0) is 18.4 Å². The van der Waals surface area contributed by atoms with Crippen LogP contribution in [0.1, 0.15) is 162 Å². The summed E-state index contributed by atoms with van der Waals surface area (Å²) in [5.41, 5.74) is 0. The van der Waals surface area contributed by atoms with E-state index in [1.807, 2.05) is 21.1 Å². The number of hydrogen-bond acceptors (Lipinski definition) is 7. The summed E-state index contributed by atoms with van der Waals surface area (Å²) in [7, 11) is 1.08. The molecule has 9 nitrogen and oxygen atoms in total. The second kappa shape index (κ2) is 36.5. The Hall–Kier alpha value is -1.84. The number of aliphatic hydroxyl groups excluding tert-OH is 2. The molecule has 0 bridgehead atoms. The summed E-state index contributed by atoms with van der Waals surface area (Å²) in [5.74, 6) is -0.306. The zero-order valence-electron chi connectivity index (χ0n) is 35.7. The van der Waals surface area contributed by atoms with Gasteiger partial charge in [0, 0.05) is 6.42 Å². The molecule has 0 heterocycles. The SMILES string of the molecule is CC/C=C\C/C=C\C/C=C\C/C=C\CCCCCCCCC(=O)NC(COP(=O)([O-])OCC[N+](C)(C)C)C(O)C(O)CCC/C=C/CCCCCCCCC. The number of phosphoric acid groups is 1. The summed E-state index contributed by atoms with van der Waals surface area (Å²) >= 11 is 0. The molecule has 4 unspecified atom stereocenters. The van der Waals surface area contributed by atoms with E-state index in [1.165, 1.54) is 44.9 Å². The van der Waals surface area contributed by atoms with E-state index in [-0.39, 0.29) is 18.9 Å². The third-order valence-electron chi connectivity index (χ3n) is 9.33. The first-order valence-electron chi connectivity index (χ1n) is 21.7. The van der Waals surface area contributed by atoms with Gasteiger partial charge in [-0.05, 0) is 77.0 Å². The van der Waals surface area contributed by atoms with E-state index >= 15 is 0 Å². The van der Waals surface area contributed by atoms with Gasteiger partial charge in [0.2, 0.25) is 5.91 Å². The van der Waals surface area contributed by atoms with Crippen molar-refractivity contribution in [3.63, 3.8) is 0 Å². The highest BCUT2D eigenvalue weighted by Crippen LogP contribution is 2.38. The Morgan fingerprint density at radius 1 is 0.673 bits per heavy atom. The predicted octanol–water partition coefficient (Wildman–Crippen LogP) is 10.2. The second-order valence-electron chi connectivity index (χ2n) is 15.8. The number of rotatable bonds is 38. The van der Waals surface area contributed by atoms with Gasteiger partial charge in [0.05, 0.1) is 39.9 Å². The van der Waals surface area contributed by atoms with Crippen molar-refractivity contribution in [1.82, 2.24) is 5.32 Å². The number of nitrogens with one attached hydrogen (secondary N) is 1. The van der Waals surface area contributed by atoms with Crippen molar-refractivity contribution in [2.75, 3.05) is 40.9 Å². The van der Waals surface area contributed by atoms with Gasteiger partial charge in [-0.15, -0.1) is 0 Å². The van der Waals surface area contributed by atoms with E-state index in [1.54, 1.807) is 0 Å². The number of phosphoric ester groups is 1. The lowest BCUT2D eigenvalue weighted by Gasteiger charge is -2.31. The normalized spacial score (nSPS) is 15.6. The highest BCUT2D eigenvalue weighted by atomic mass is 31.2. The smallest absolute Gasteiger partial charge is 0.268 e. The van der Waals surface area contributed by atoms with Gasteiger partial charge in [0.1, 0.15) is 19.3 Å². The molecule has 4 atom stereocenters. The molecule has 0 spiro atoms. The molecule has 0 saturated heterocycles. The first kappa shape index (κ1) is 53.2. The van der Waals surface area contributed by atoms with Gasteiger partial charge >= 0.3 is 0 Å². The molecule has 1 amide bonds. The van der Waals surface area contributed by atoms with Crippen LogP contribution in [0.25, 0.3) is 0 Å². The van der Waals surface area contributed by atoms with Crippen molar-refractivity contribution in [2.24, 2.45) is 0 Å². The predicted molar refractivity (Wildman–Crippen MR) is 230 cm³/mol. The maximum Gasteiger partial charge on any atom is 0.268 e. The summed E-state index contributed by atoms with van der Waals surface area (Å²) in [6.07, 6.45) is 42.6. The van der Waals surface area contributed by atoms with Gasteiger partial charge < -0.3 is 34.0 Å². The van der Waals surface area contributed by atoms with Gasteiger partial charge in [-0.1, -0.05) is 139 Å². The Morgan fingerprint density at radius 2 is 1.15 bits per heavy atom. The molecule has 55 heavy (non-hydrogen) atoms. The van der Waals surface area contributed by atoms with Crippen molar-refractivity contribution in [2.45, 2.75) is 180 Å². The fourth-order valence-corrected chi connectivity index (χ4v) is 6.55. The first-order valence-corrected chi connectivity index (χ1v) is 23.2. The molecule has 10 heteroatoms. The Kier molecular flexibility index (Phi) is 35.3. The molecule has 0 fully saturated rings. The third kappa shape index (κ3) is 37.5. The number of hydrogen-bond donors (Lipinski definition) is 3. The van der Waals surface area contributed by atoms with Gasteiger partial charge in [-0.3, -0.25) is 9.36 Å². The topological polar surface area (TPSA) is 128 Å². The Morgan fingerprint density at radius 3 is 1.69 bits per heavy atom. The Balaban J connectivity index is 4.57. The minimum Gasteiger partial charge on any atom is -0.756 e. The number of likely N-dealkylation sites (N-methyl/N-ethyl adjacent to an activating group) is 1.